The number of para-hydroxylation sites is 1. The number of carbonyl (C=O) groups excluding carboxylic acids is 1. The number of hydrogen-bond donors (Lipinski definition) is 0. The number of benzene rings is 3. The molecular weight excluding hydrogens is 397 g/mol. The van der Waals surface area contributed by atoms with Gasteiger partial charge in [-0.3, -0.25) is 9.50 Å². The van der Waals surface area contributed by atoms with Gasteiger partial charge < -0.3 is 19.1 Å². The molecule has 0 radical (unpaired) electrons. The van der Waals surface area contributed by atoms with Gasteiger partial charge in [0.15, 0.2) is 11.5 Å². The minimum atomic E-state index is -0.857. The highest BCUT2D eigenvalue weighted by atomic mass is 19.0. The van der Waals surface area contributed by atoms with E-state index in [9.17, 15) is 4.79 Å². The van der Waals surface area contributed by atoms with E-state index in [0.717, 1.165) is 22.4 Å². The average Bonchev–Trinajstić information content (AvgIpc) is 3.26. The van der Waals surface area contributed by atoms with Gasteiger partial charge in [0.25, 0.3) is 0 Å². The fourth-order valence-electron chi connectivity index (χ4n) is 4.83. The Labute approximate surface area is 179 Å². The lowest BCUT2D eigenvalue weighted by Crippen LogP contribution is -2.42. The molecule has 0 saturated carbocycles. The van der Waals surface area contributed by atoms with E-state index in [1.807, 2.05) is 53.4 Å². The summed E-state index contributed by atoms with van der Waals surface area (Å²) in [6, 6.07) is 20.0. The minimum Gasteiger partial charge on any atom is -0.491 e. The topological polar surface area (TPSA) is 48.0 Å². The maximum Gasteiger partial charge on any atom is 0.246 e. The minimum absolute atomic E-state index is 0. The molecule has 3 aliphatic rings. The van der Waals surface area contributed by atoms with Crippen molar-refractivity contribution in [1.82, 2.24) is 0 Å². The first kappa shape index (κ1) is 19.4. The molecule has 3 aromatic carbocycles. The van der Waals surface area contributed by atoms with Crippen molar-refractivity contribution in [2.45, 2.75) is 18.9 Å². The van der Waals surface area contributed by atoms with Crippen molar-refractivity contribution in [1.29, 1.82) is 0 Å². The van der Waals surface area contributed by atoms with Crippen molar-refractivity contribution in [3.8, 4) is 17.2 Å². The van der Waals surface area contributed by atoms with Gasteiger partial charge in [-0.1, -0.05) is 42.5 Å². The smallest absolute Gasteiger partial charge is 0.246 e. The van der Waals surface area contributed by atoms with Gasteiger partial charge in [-0.2, -0.15) is 0 Å². The van der Waals surface area contributed by atoms with E-state index in [-0.39, 0.29) is 17.2 Å². The van der Waals surface area contributed by atoms with Gasteiger partial charge in [0, 0.05) is 17.3 Å². The van der Waals surface area contributed by atoms with E-state index in [1.54, 1.807) is 0 Å². The van der Waals surface area contributed by atoms with Gasteiger partial charge in [-0.05, 0) is 35.7 Å². The summed E-state index contributed by atoms with van der Waals surface area (Å²) in [5, 5.41) is 0. The van der Waals surface area contributed by atoms with Crippen LogP contribution in [0.3, 0.4) is 0 Å². The molecule has 1 atom stereocenters. The summed E-state index contributed by atoms with van der Waals surface area (Å²) in [5.41, 5.74) is 4.24. The number of carbonyl (C=O) groups is 1. The molecule has 1 amide bonds. The van der Waals surface area contributed by atoms with Crippen LogP contribution in [-0.4, -0.2) is 25.7 Å². The zero-order chi connectivity index (χ0) is 20.3. The SMILES string of the molecule is Cc1ccccc1CN1C(=O)C2(COc3cc4c(cc32)OCCO4)c2ccccc21.F. The Morgan fingerprint density at radius 2 is 1.58 bits per heavy atom. The second-order valence-electron chi connectivity index (χ2n) is 8.02. The van der Waals surface area contributed by atoms with Gasteiger partial charge in [-0.25, -0.2) is 0 Å². The molecule has 3 heterocycles. The summed E-state index contributed by atoms with van der Waals surface area (Å²) in [5.74, 6) is 2.09. The van der Waals surface area contributed by atoms with Crippen LogP contribution in [0.15, 0.2) is 60.7 Å². The average molecular weight is 419 g/mol. The van der Waals surface area contributed by atoms with Crippen LogP contribution >= 0.6 is 0 Å². The second kappa shape index (κ2) is 7.01. The third-order valence-electron chi connectivity index (χ3n) is 6.40. The molecule has 1 unspecified atom stereocenters. The molecule has 0 fully saturated rings. The predicted octanol–water partition coefficient (Wildman–Crippen LogP) is 4.14. The normalized spacial score (nSPS) is 20.2. The number of fused-ring (bicyclic) bond motifs is 5. The van der Waals surface area contributed by atoms with Gasteiger partial charge in [0.2, 0.25) is 5.91 Å². The van der Waals surface area contributed by atoms with Crippen LogP contribution in [0.4, 0.5) is 10.4 Å². The lowest BCUT2D eigenvalue weighted by molar-refractivity contribution is -0.122. The lowest BCUT2D eigenvalue weighted by atomic mass is 9.77. The van der Waals surface area contributed by atoms with Crippen LogP contribution < -0.4 is 19.1 Å². The summed E-state index contributed by atoms with van der Waals surface area (Å²) < 4.78 is 17.6. The monoisotopic (exact) mass is 419 g/mol. The summed E-state index contributed by atoms with van der Waals surface area (Å²) >= 11 is 0. The molecule has 6 heteroatoms. The van der Waals surface area contributed by atoms with Crippen LogP contribution in [0.5, 0.6) is 17.2 Å². The summed E-state index contributed by atoms with van der Waals surface area (Å²) in [4.78, 5) is 15.9. The third kappa shape index (κ3) is 2.64. The zero-order valence-electron chi connectivity index (χ0n) is 17.1. The lowest BCUT2D eigenvalue weighted by Gasteiger charge is -2.25. The standard InChI is InChI=1S/C25H21NO4.FH/c1-16-6-2-3-7-17(16)14-26-20-9-5-4-8-18(20)25(24(26)27)15-30-21-13-23-22(12-19(21)25)28-10-11-29-23;/h2-9,12-13H,10-11,14-15H2,1H3;1H. The Balaban J connectivity index is 0.00000204. The highest BCUT2D eigenvalue weighted by Crippen LogP contribution is 2.55. The van der Waals surface area contributed by atoms with Crippen molar-refractivity contribution in [3.63, 3.8) is 0 Å². The number of aryl methyl sites for hydroxylation is 1. The highest BCUT2D eigenvalue weighted by molar-refractivity contribution is 6.11. The molecule has 0 N–H and O–H groups in total. The molecule has 3 aromatic rings. The summed E-state index contributed by atoms with van der Waals surface area (Å²) in [7, 11) is 0. The number of hydrogen-bond acceptors (Lipinski definition) is 4. The molecule has 0 saturated heterocycles. The van der Waals surface area contributed by atoms with Gasteiger partial charge in [0.1, 0.15) is 31.0 Å². The number of rotatable bonds is 2. The van der Waals surface area contributed by atoms with E-state index in [4.69, 9.17) is 14.2 Å². The first-order valence-corrected chi connectivity index (χ1v) is 10.2. The Bertz CT molecular complexity index is 1190. The van der Waals surface area contributed by atoms with E-state index in [2.05, 4.69) is 19.1 Å². The van der Waals surface area contributed by atoms with E-state index >= 15 is 0 Å². The van der Waals surface area contributed by atoms with Gasteiger partial charge >= 0.3 is 0 Å². The van der Waals surface area contributed by atoms with Crippen LogP contribution in [0, 0.1) is 6.92 Å². The number of halogens is 1. The molecule has 0 aromatic heterocycles. The van der Waals surface area contributed by atoms with E-state index in [0.29, 0.717) is 37.0 Å². The number of amides is 1. The second-order valence-corrected chi connectivity index (χ2v) is 8.02. The summed E-state index contributed by atoms with van der Waals surface area (Å²) in [6.07, 6.45) is 0. The quantitative estimate of drug-likeness (QED) is 0.626. The van der Waals surface area contributed by atoms with Crippen LogP contribution in [0.25, 0.3) is 0 Å². The molecular formula is C25H22FNO4. The van der Waals surface area contributed by atoms with Crippen molar-refractivity contribution in [2.24, 2.45) is 0 Å². The van der Waals surface area contributed by atoms with E-state index in [1.165, 1.54) is 5.56 Å². The van der Waals surface area contributed by atoms with Gasteiger partial charge in [0.05, 0.1) is 6.54 Å². The fraction of sp³-hybridized carbons (Fsp3) is 0.240. The molecule has 31 heavy (non-hydrogen) atoms. The molecule has 3 aliphatic heterocycles. The first-order valence-electron chi connectivity index (χ1n) is 10.2. The Morgan fingerprint density at radius 1 is 0.871 bits per heavy atom. The Morgan fingerprint density at radius 3 is 2.39 bits per heavy atom. The number of anilines is 1. The van der Waals surface area contributed by atoms with Crippen LogP contribution in [0.1, 0.15) is 22.3 Å². The molecule has 0 bridgehead atoms. The van der Waals surface area contributed by atoms with Crippen molar-refractivity contribution in [3.05, 3.63) is 82.9 Å². The molecule has 1 spiro atoms. The maximum atomic E-state index is 14.0. The Kier molecular flexibility index (Phi) is 4.39. The zero-order valence-corrected chi connectivity index (χ0v) is 17.1. The van der Waals surface area contributed by atoms with Crippen LogP contribution in [0.2, 0.25) is 0 Å². The first-order chi connectivity index (χ1) is 14.7. The van der Waals surface area contributed by atoms with Gasteiger partial charge in [-0.15, -0.1) is 0 Å². The fourth-order valence-corrected chi connectivity index (χ4v) is 4.83. The van der Waals surface area contributed by atoms with Crippen molar-refractivity contribution >= 4 is 11.6 Å². The summed E-state index contributed by atoms with van der Waals surface area (Å²) in [6.45, 7) is 3.91. The molecule has 6 rings (SSSR count). The predicted molar refractivity (Wildman–Crippen MR) is 115 cm³/mol. The largest absolute Gasteiger partial charge is 0.491 e. The Hall–Kier alpha value is -3.54. The van der Waals surface area contributed by atoms with Crippen molar-refractivity contribution in [2.75, 3.05) is 24.7 Å². The molecule has 158 valence electrons. The number of ether oxygens (including phenoxy) is 3. The van der Waals surface area contributed by atoms with E-state index < -0.39 is 5.41 Å². The maximum absolute atomic E-state index is 14.0. The van der Waals surface area contributed by atoms with Crippen molar-refractivity contribution < 1.29 is 23.7 Å². The number of nitrogens with zero attached hydrogens (tertiary/aromatic N) is 1. The third-order valence-corrected chi connectivity index (χ3v) is 6.40. The van der Waals surface area contributed by atoms with Crippen LogP contribution in [-0.2, 0) is 16.8 Å². The molecule has 5 nitrogen and oxygen atoms in total. The highest BCUT2D eigenvalue weighted by Gasteiger charge is 2.57. The molecule has 0 aliphatic carbocycles.